The molecule has 5 nitrogen and oxygen atoms in total. The minimum atomic E-state index is -0.334. The second kappa shape index (κ2) is 7.25. The maximum Gasteiger partial charge on any atom is 0.293 e. The second-order valence-corrected chi connectivity index (χ2v) is 6.45. The first-order valence-corrected chi connectivity index (χ1v) is 8.47. The SMILES string of the molecule is Cc1nc(C(=O)N(C)[C@@H](C)c2ccc(Cl)cc2)nn1-c1ccc(F)cc1. The van der Waals surface area contributed by atoms with Gasteiger partial charge in [0.2, 0.25) is 5.82 Å². The zero-order chi connectivity index (χ0) is 18.8. The van der Waals surface area contributed by atoms with Crippen molar-refractivity contribution < 1.29 is 9.18 Å². The molecule has 0 radical (unpaired) electrons. The average Bonchev–Trinajstić information content (AvgIpc) is 3.03. The molecular weight excluding hydrogens is 355 g/mol. The standard InChI is InChI=1S/C19H18ClFN4O/c1-12(14-4-6-15(20)7-5-14)24(3)19(26)18-22-13(2)25(23-18)17-10-8-16(21)9-11-17/h4-12H,1-3H3/t12-/m0/s1. The number of halogens is 2. The number of carbonyl (C=O) groups is 1. The van der Waals surface area contributed by atoms with Gasteiger partial charge in [-0.15, -0.1) is 5.10 Å². The van der Waals surface area contributed by atoms with Gasteiger partial charge in [0.1, 0.15) is 11.6 Å². The highest BCUT2D eigenvalue weighted by atomic mass is 35.5. The van der Waals surface area contributed by atoms with Crippen molar-refractivity contribution in [2.24, 2.45) is 0 Å². The summed E-state index contributed by atoms with van der Waals surface area (Å²) in [7, 11) is 1.70. The van der Waals surface area contributed by atoms with Crippen LogP contribution < -0.4 is 0 Å². The maximum absolute atomic E-state index is 13.1. The fraction of sp³-hybridized carbons (Fsp3) is 0.211. The van der Waals surface area contributed by atoms with Crippen molar-refractivity contribution in [1.29, 1.82) is 0 Å². The molecule has 1 atom stereocenters. The van der Waals surface area contributed by atoms with Crippen molar-refractivity contribution in [3.05, 3.63) is 76.6 Å². The molecule has 0 aliphatic rings. The van der Waals surface area contributed by atoms with Crippen LogP contribution in [0, 0.1) is 12.7 Å². The highest BCUT2D eigenvalue weighted by Crippen LogP contribution is 2.22. The third-order valence-corrected chi connectivity index (χ3v) is 4.54. The number of carbonyl (C=O) groups excluding carboxylic acids is 1. The second-order valence-electron chi connectivity index (χ2n) is 6.01. The molecule has 1 heterocycles. The molecule has 3 rings (SSSR count). The van der Waals surface area contributed by atoms with Crippen LogP contribution in [-0.4, -0.2) is 32.6 Å². The Bertz CT molecular complexity index is 922. The molecule has 2 aromatic carbocycles. The van der Waals surface area contributed by atoms with Gasteiger partial charge in [-0.25, -0.2) is 14.1 Å². The summed E-state index contributed by atoms with van der Waals surface area (Å²) >= 11 is 5.92. The van der Waals surface area contributed by atoms with E-state index in [0.29, 0.717) is 16.5 Å². The summed E-state index contributed by atoms with van der Waals surface area (Å²) in [5.41, 5.74) is 1.60. The van der Waals surface area contributed by atoms with Gasteiger partial charge < -0.3 is 4.90 Å². The average molecular weight is 373 g/mol. The minimum absolute atomic E-state index is 0.0927. The Balaban J connectivity index is 1.84. The molecule has 0 saturated carbocycles. The molecule has 0 saturated heterocycles. The van der Waals surface area contributed by atoms with E-state index < -0.39 is 0 Å². The van der Waals surface area contributed by atoms with Crippen molar-refractivity contribution >= 4 is 17.5 Å². The molecule has 0 aliphatic heterocycles. The van der Waals surface area contributed by atoms with Gasteiger partial charge in [-0.2, -0.15) is 0 Å². The van der Waals surface area contributed by atoms with E-state index in [-0.39, 0.29) is 23.6 Å². The van der Waals surface area contributed by atoms with Crippen LogP contribution in [0.1, 0.15) is 35.0 Å². The highest BCUT2D eigenvalue weighted by Gasteiger charge is 2.23. The summed E-state index contributed by atoms with van der Waals surface area (Å²) in [6, 6.07) is 13.0. The van der Waals surface area contributed by atoms with Crippen LogP contribution in [0.15, 0.2) is 48.5 Å². The molecule has 26 heavy (non-hydrogen) atoms. The summed E-state index contributed by atoms with van der Waals surface area (Å²) in [4.78, 5) is 18.6. The van der Waals surface area contributed by atoms with E-state index in [1.165, 1.54) is 16.8 Å². The van der Waals surface area contributed by atoms with E-state index in [4.69, 9.17) is 11.6 Å². The van der Waals surface area contributed by atoms with Crippen molar-refractivity contribution in [2.45, 2.75) is 19.9 Å². The first kappa shape index (κ1) is 18.1. The zero-order valence-electron chi connectivity index (χ0n) is 14.6. The highest BCUT2D eigenvalue weighted by molar-refractivity contribution is 6.30. The number of hydrogen-bond acceptors (Lipinski definition) is 3. The van der Waals surface area contributed by atoms with E-state index >= 15 is 0 Å². The molecule has 1 amide bonds. The topological polar surface area (TPSA) is 51.0 Å². The van der Waals surface area contributed by atoms with Crippen LogP contribution in [0.4, 0.5) is 4.39 Å². The van der Waals surface area contributed by atoms with Crippen LogP contribution >= 0.6 is 11.6 Å². The van der Waals surface area contributed by atoms with Gasteiger partial charge in [0.25, 0.3) is 5.91 Å². The minimum Gasteiger partial charge on any atom is -0.332 e. The Morgan fingerprint density at radius 2 is 1.77 bits per heavy atom. The number of hydrogen-bond donors (Lipinski definition) is 0. The van der Waals surface area contributed by atoms with Gasteiger partial charge >= 0.3 is 0 Å². The predicted molar refractivity (Wildman–Crippen MR) is 98.0 cm³/mol. The summed E-state index contributed by atoms with van der Waals surface area (Å²) in [5, 5.41) is 4.94. The Morgan fingerprint density at radius 3 is 2.38 bits per heavy atom. The molecule has 0 spiro atoms. The smallest absolute Gasteiger partial charge is 0.293 e. The molecular formula is C19H18ClFN4O. The predicted octanol–water partition coefficient (Wildman–Crippen LogP) is 4.20. The fourth-order valence-electron chi connectivity index (χ4n) is 2.61. The summed E-state index contributed by atoms with van der Waals surface area (Å²) < 4.78 is 14.6. The number of aryl methyl sites for hydroxylation is 1. The fourth-order valence-corrected chi connectivity index (χ4v) is 2.73. The van der Waals surface area contributed by atoms with E-state index in [2.05, 4.69) is 10.1 Å². The van der Waals surface area contributed by atoms with Gasteiger partial charge in [-0.3, -0.25) is 4.79 Å². The van der Waals surface area contributed by atoms with Crippen LogP contribution in [0.5, 0.6) is 0 Å². The zero-order valence-corrected chi connectivity index (χ0v) is 15.4. The van der Waals surface area contributed by atoms with Gasteiger partial charge in [0.15, 0.2) is 0 Å². The Hall–Kier alpha value is -2.73. The number of benzene rings is 2. The normalized spacial score (nSPS) is 12.0. The van der Waals surface area contributed by atoms with Crippen molar-refractivity contribution in [3.8, 4) is 5.69 Å². The number of nitrogens with zero attached hydrogens (tertiary/aromatic N) is 4. The summed E-state index contributed by atoms with van der Waals surface area (Å²) in [6.45, 7) is 3.67. The van der Waals surface area contributed by atoms with Crippen molar-refractivity contribution in [2.75, 3.05) is 7.05 Å². The first-order valence-electron chi connectivity index (χ1n) is 8.09. The lowest BCUT2D eigenvalue weighted by molar-refractivity contribution is 0.0730. The number of amides is 1. The summed E-state index contributed by atoms with van der Waals surface area (Å²) in [5.74, 6) is 0.0124. The van der Waals surface area contributed by atoms with Crippen LogP contribution in [0.25, 0.3) is 5.69 Å². The van der Waals surface area contributed by atoms with Crippen LogP contribution in [0.3, 0.4) is 0 Å². The van der Waals surface area contributed by atoms with Gasteiger partial charge in [0, 0.05) is 12.1 Å². The molecule has 1 aromatic heterocycles. The van der Waals surface area contributed by atoms with Crippen LogP contribution in [0.2, 0.25) is 5.02 Å². The Kier molecular flexibility index (Phi) is 5.04. The molecule has 0 fully saturated rings. The van der Waals surface area contributed by atoms with E-state index in [9.17, 15) is 9.18 Å². The number of aromatic nitrogens is 3. The van der Waals surface area contributed by atoms with Gasteiger partial charge in [0.05, 0.1) is 11.7 Å². The van der Waals surface area contributed by atoms with Gasteiger partial charge in [-0.05, 0) is 55.8 Å². The molecule has 0 N–H and O–H groups in total. The monoisotopic (exact) mass is 372 g/mol. The van der Waals surface area contributed by atoms with E-state index in [1.54, 1.807) is 43.1 Å². The molecule has 0 aliphatic carbocycles. The largest absolute Gasteiger partial charge is 0.332 e. The molecule has 0 bridgehead atoms. The van der Waals surface area contributed by atoms with Crippen LogP contribution in [-0.2, 0) is 0 Å². The first-order chi connectivity index (χ1) is 12.4. The lowest BCUT2D eigenvalue weighted by Crippen LogP contribution is -2.30. The third kappa shape index (κ3) is 3.60. The Morgan fingerprint density at radius 1 is 1.15 bits per heavy atom. The lowest BCUT2D eigenvalue weighted by atomic mass is 10.1. The maximum atomic E-state index is 13.1. The molecule has 7 heteroatoms. The number of rotatable bonds is 4. The van der Waals surface area contributed by atoms with Crippen molar-refractivity contribution in [3.63, 3.8) is 0 Å². The summed E-state index contributed by atoms with van der Waals surface area (Å²) in [6.07, 6.45) is 0. The molecule has 3 aromatic rings. The van der Waals surface area contributed by atoms with Gasteiger partial charge in [-0.1, -0.05) is 23.7 Å². The molecule has 134 valence electrons. The van der Waals surface area contributed by atoms with E-state index in [0.717, 1.165) is 5.56 Å². The Labute approximate surface area is 156 Å². The van der Waals surface area contributed by atoms with E-state index in [1.807, 2.05) is 19.1 Å². The quantitative estimate of drug-likeness (QED) is 0.689. The van der Waals surface area contributed by atoms with Crippen molar-refractivity contribution in [1.82, 2.24) is 19.7 Å². The lowest BCUT2D eigenvalue weighted by Gasteiger charge is -2.24. The third-order valence-electron chi connectivity index (χ3n) is 4.29. The molecule has 0 unspecified atom stereocenters.